The number of ether oxygens (including phenoxy) is 1. The second-order valence-corrected chi connectivity index (χ2v) is 5.12. The first kappa shape index (κ1) is 16.0. The highest BCUT2D eigenvalue weighted by Crippen LogP contribution is 2.10. The van der Waals surface area contributed by atoms with Crippen LogP contribution in [0.1, 0.15) is 17.5 Å². The maximum Gasteiger partial charge on any atom is 0.250 e. The number of amides is 2. The first-order valence-corrected chi connectivity index (χ1v) is 7.24. The predicted octanol–water partition coefficient (Wildman–Crippen LogP) is 0.464. The van der Waals surface area contributed by atoms with Crippen molar-refractivity contribution < 1.29 is 14.3 Å². The van der Waals surface area contributed by atoms with Gasteiger partial charge in [-0.15, -0.1) is 0 Å². The highest BCUT2D eigenvalue weighted by molar-refractivity contribution is 5.82. The van der Waals surface area contributed by atoms with Gasteiger partial charge in [-0.1, -0.05) is 12.1 Å². The van der Waals surface area contributed by atoms with Crippen molar-refractivity contribution in [2.75, 3.05) is 26.7 Å². The number of morpholine rings is 1. The van der Waals surface area contributed by atoms with Crippen LogP contribution in [0.3, 0.4) is 0 Å². The van der Waals surface area contributed by atoms with Gasteiger partial charge in [-0.05, 0) is 24.1 Å². The summed E-state index contributed by atoms with van der Waals surface area (Å²) in [5.41, 5.74) is 1.63. The summed E-state index contributed by atoms with van der Waals surface area (Å²) >= 11 is 0. The van der Waals surface area contributed by atoms with Crippen LogP contribution in [0.15, 0.2) is 24.3 Å². The van der Waals surface area contributed by atoms with E-state index in [1.54, 1.807) is 24.1 Å². The molecule has 1 aliphatic rings. The van der Waals surface area contributed by atoms with Crippen LogP contribution in [0.5, 0.6) is 0 Å². The standard InChI is InChI=1S/C16H19N3O3/c1-18-16(21)14-11-19(8-9-22-14)15(20)7-6-12-2-4-13(10-17)5-3-12/h2-5,14H,6-9,11H2,1H3,(H,18,21). The molecule has 2 rings (SSSR count). The summed E-state index contributed by atoms with van der Waals surface area (Å²) in [6, 6.07) is 9.28. The number of likely N-dealkylation sites (N-methyl/N-ethyl adjacent to an activating group) is 1. The van der Waals surface area contributed by atoms with Crippen LogP contribution in [-0.2, 0) is 20.7 Å². The van der Waals surface area contributed by atoms with Gasteiger partial charge >= 0.3 is 0 Å². The van der Waals surface area contributed by atoms with Crippen molar-refractivity contribution in [1.82, 2.24) is 10.2 Å². The van der Waals surface area contributed by atoms with Crippen molar-refractivity contribution in [1.29, 1.82) is 5.26 Å². The zero-order valence-corrected chi connectivity index (χ0v) is 12.5. The quantitative estimate of drug-likeness (QED) is 0.876. The van der Waals surface area contributed by atoms with Gasteiger partial charge in [0.15, 0.2) is 6.10 Å². The number of carbonyl (C=O) groups excluding carboxylic acids is 2. The van der Waals surface area contributed by atoms with Crippen LogP contribution in [-0.4, -0.2) is 49.6 Å². The number of rotatable bonds is 4. The monoisotopic (exact) mass is 301 g/mol. The Morgan fingerprint density at radius 1 is 1.41 bits per heavy atom. The highest BCUT2D eigenvalue weighted by Gasteiger charge is 2.28. The van der Waals surface area contributed by atoms with Crippen LogP contribution in [0, 0.1) is 11.3 Å². The first-order valence-electron chi connectivity index (χ1n) is 7.24. The molecule has 0 aromatic heterocycles. The molecule has 1 aliphatic heterocycles. The Balaban J connectivity index is 1.86. The second kappa shape index (κ2) is 7.57. The van der Waals surface area contributed by atoms with Crippen LogP contribution < -0.4 is 5.32 Å². The second-order valence-electron chi connectivity index (χ2n) is 5.12. The van der Waals surface area contributed by atoms with Gasteiger partial charge in [0, 0.05) is 20.0 Å². The molecule has 1 fully saturated rings. The zero-order chi connectivity index (χ0) is 15.9. The van der Waals surface area contributed by atoms with Crippen LogP contribution in [0.25, 0.3) is 0 Å². The molecule has 1 aromatic carbocycles. The lowest BCUT2D eigenvalue weighted by Crippen LogP contribution is -2.51. The molecular weight excluding hydrogens is 282 g/mol. The molecule has 22 heavy (non-hydrogen) atoms. The molecule has 1 heterocycles. The molecule has 0 saturated carbocycles. The average Bonchev–Trinajstić information content (AvgIpc) is 2.59. The number of nitrogens with zero attached hydrogens (tertiary/aromatic N) is 2. The summed E-state index contributed by atoms with van der Waals surface area (Å²) in [7, 11) is 1.55. The number of nitriles is 1. The summed E-state index contributed by atoms with van der Waals surface area (Å²) in [6.07, 6.45) is 0.413. The Morgan fingerprint density at radius 2 is 2.14 bits per heavy atom. The van der Waals surface area contributed by atoms with E-state index in [-0.39, 0.29) is 11.8 Å². The Kier molecular flexibility index (Phi) is 5.50. The Hall–Kier alpha value is -2.39. The van der Waals surface area contributed by atoms with Gasteiger partial charge in [0.05, 0.1) is 24.8 Å². The summed E-state index contributed by atoms with van der Waals surface area (Å²) in [5, 5.41) is 11.3. The molecule has 116 valence electrons. The normalized spacial score (nSPS) is 17.6. The molecule has 1 aromatic rings. The van der Waals surface area contributed by atoms with Crippen molar-refractivity contribution >= 4 is 11.8 Å². The van der Waals surface area contributed by atoms with E-state index < -0.39 is 6.10 Å². The molecule has 0 radical (unpaired) electrons. The van der Waals surface area contributed by atoms with E-state index in [9.17, 15) is 9.59 Å². The molecule has 1 unspecified atom stereocenters. The van der Waals surface area contributed by atoms with Gasteiger partial charge in [-0.25, -0.2) is 0 Å². The predicted molar refractivity (Wildman–Crippen MR) is 79.9 cm³/mol. The van der Waals surface area contributed by atoms with Crippen molar-refractivity contribution in [2.45, 2.75) is 18.9 Å². The summed E-state index contributed by atoms with van der Waals surface area (Å²) in [6.45, 7) is 1.19. The summed E-state index contributed by atoms with van der Waals surface area (Å²) < 4.78 is 5.36. The number of carbonyl (C=O) groups is 2. The lowest BCUT2D eigenvalue weighted by atomic mass is 10.1. The molecule has 1 N–H and O–H groups in total. The average molecular weight is 301 g/mol. The number of benzene rings is 1. The van der Waals surface area contributed by atoms with E-state index in [1.165, 1.54) is 0 Å². The lowest BCUT2D eigenvalue weighted by molar-refractivity contribution is -0.146. The third-order valence-corrected chi connectivity index (χ3v) is 3.67. The van der Waals surface area contributed by atoms with Crippen molar-refractivity contribution in [3.8, 4) is 6.07 Å². The molecule has 6 nitrogen and oxygen atoms in total. The Morgan fingerprint density at radius 3 is 2.77 bits per heavy atom. The topological polar surface area (TPSA) is 82.4 Å². The van der Waals surface area contributed by atoms with E-state index in [2.05, 4.69) is 11.4 Å². The minimum absolute atomic E-state index is 0.0153. The summed E-state index contributed by atoms with van der Waals surface area (Å²) in [4.78, 5) is 25.5. The molecule has 6 heteroatoms. The smallest absolute Gasteiger partial charge is 0.250 e. The highest BCUT2D eigenvalue weighted by atomic mass is 16.5. The van der Waals surface area contributed by atoms with Gasteiger partial charge < -0.3 is 15.0 Å². The maximum atomic E-state index is 12.2. The van der Waals surface area contributed by atoms with Crippen LogP contribution in [0.4, 0.5) is 0 Å². The fraction of sp³-hybridized carbons (Fsp3) is 0.438. The van der Waals surface area contributed by atoms with E-state index in [1.807, 2.05) is 12.1 Å². The lowest BCUT2D eigenvalue weighted by Gasteiger charge is -2.32. The Labute approximate surface area is 129 Å². The molecule has 2 amide bonds. The maximum absolute atomic E-state index is 12.2. The largest absolute Gasteiger partial charge is 0.365 e. The fourth-order valence-corrected chi connectivity index (χ4v) is 2.35. The third-order valence-electron chi connectivity index (χ3n) is 3.67. The Bertz CT molecular complexity index is 577. The summed E-state index contributed by atoms with van der Waals surface area (Å²) in [5.74, 6) is -0.189. The molecule has 1 atom stereocenters. The third kappa shape index (κ3) is 4.06. The molecule has 1 saturated heterocycles. The zero-order valence-electron chi connectivity index (χ0n) is 12.5. The van der Waals surface area contributed by atoms with Crippen molar-refractivity contribution in [3.63, 3.8) is 0 Å². The molecular formula is C16H19N3O3. The van der Waals surface area contributed by atoms with E-state index in [0.717, 1.165) is 5.56 Å². The first-order chi connectivity index (χ1) is 10.6. The van der Waals surface area contributed by atoms with Gasteiger partial charge in [-0.3, -0.25) is 9.59 Å². The molecule has 0 bridgehead atoms. The number of hydrogen-bond acceptors (Lipinski definition) is 4. The van der Waals surface area contributed by atoms with Gasteiger partial charge in [0.1, 0.15) is 0 Å². The number of aryl methyl sites for hydroxylation is 1. The minimum atomic E-state index is -0.586. The van der Waals surface area contributed by atoms with E-state index in [0.29, 0.717) is 38.1 Å². The van der Waals surface area contributed by atoms with Crippen molar-refractivity contribution in [2.24, 2.45) is 0 Å². The van der Waals surface area contributed by atoms with E-state index in [4.69, 9.17) is 10.00 Å². The van der Waals surface area contributed by atoms with E-state index >= 15 is 0 Å². The number of hydrogen-bond donors (Lipinski definition) is 1. The minimum Gasteiger partial charge on any atom is -0.365 e. The van der Waals surface area contributed by atoms with Crippen LogP contribution in [0.2, 0.25) is 0 Å². The molecule has 0 spiro atoms. The van der Waals surface area contributed by atoms with Gasteiger partial charge in [0.25, 0.3) is 5.91 Å². The molecule has 0 aliphatic carbocycles. The van der Waals surface area contributed by atoms with Crippen LogP contribution >= 0.6 is 0 Å². The fourth-order valence-electron chi connectivity index (χ4n) is 2.35. The number of nitrogens with one attached hydrogen (secondary N) is 1. The van der Waals surface area contributed by atoms with Gasteiger partial charge in [0.2, 0.25) is 5.91 Å². The van der Waals surface area contributed by atoms with Crippen molar-refractivity contribution in [3.05, 3.63) is 35.4 Å². The van der Waals surface area contributed by atoms with Gasteiger partial charge in [-0.2, -0.15) is 5.26 Å². The SMILES string of the molecule is CNC(=O)C1CN(C(=O)CCc2ccc(C#N)cc2)CCO1.